The molecule has 1 aromatic carbocycles. The van der Waals surface area contributed by atoms with Gasteiger partial charge in [-0.1, -0.05) is 18.2 Å². The lowest BCUT2D eigenvalue weighted by molar-refractivity contribution is 0.469. The molecule has 0 bridgehead atoms. The third kappa shape index (κ3) is 2.69. The molecule has 1 aliphatic rings. The summed E-state index contributed by atoms with van der Waals surface area (Å²) in [6.45, 7) is 2.74. The van der Waals surface area contributed by atoms with Gasteiger partial charge in [0.2, 0.25) is 0 Å². The maximum Gasteiger partial charge on any atom is 0.151 e. The number of rotatable bonds is 4. The highest BCUT2D eigenvalue weighted by molar-refractivity contribution is 5.65. The number of anilines is 2. The van der Waals surface area contributed by atoms with Gasteiger partial charge < -0.3 is 15.3 Å². The number of benzene rings is 1. The van der Waals surface area contributed by atoms with Crippen LogP contribution in [0, 0.1) is 0 Å². The van der Waals surface area contributed by atoms with Crippen molar-refractivity contribution in [1.82, 2.24) is 4.98 Å². The summed E-state index contributed by atoms with van der Waals surface area (Å²) in [7, 11) is 0. The third-order valence-corrected chi connectivity index (χ3v) is 3.65. The number of aromatic hydroxyl groups is 1. The van der Waals surface area contributed by atoms with E-state index in [1.165, 1.54) is 12.8 Å². The predicted molar refractivity (Wildman–Crippen MR) is 81.1 cm³/mol. The van der Waals surface area contributed by atoms with Gasteiger partial charge in [0, 0.05) is 31.4 Å². The Morgan fingerprint density at radius 1 is 1.10 bits per heavy atom. The summed E-state index contributed by atoms with van der Waals surface area (Å²) in [6, 6.07) is 11.4. The molecule has 2 heterocycles. The normalized spacial score (nSPS) is 14.5. The fourth-order valence-electron chi connectivity index (χ4n) is 2.57. The number of hydrogen-bond acceptors (Lipinski definition) is 4. The molecule has 2 aromatic rings. The average molecular weight is 269 g/mol. The van der Waals surface area contributed by atoms with E-state index in [-0.39, 0.29) is 0 Å². The van der Waals surface area contributed by atoms with Gasteiger partial charge in [-0.05, 0) is 31.0 Å². The van der Waals surface area contributed by atoms with Crippen molar-refractivity contribution < 1.29 is 5.11 Å². The van der Waals surface area contributed by atoms with Gasteiger partial charge in [-0.25, -0.2) is 4.98 Å². The fraction of sp³-hybridized carbons (Fsp3) is 0.312. The summed E-state index contributed by atoms with van der Waals surface area (Å²) in [5.41, 5.74) is 1.92. The van der Waals surface area contributed by atoms with Crippen molar-refractivity contribution in [3.8, 4) is 5.75 Å². The number of phenolic OH excluding ortho intramolecular Hbond substituents is 1. The van der Waals surface area contributed by atoms with E-state index < -0.39 is 0 Å². The number of para-hydroxylation sites is 1. The zero-order chi connectivity index (χ0) is 13.8. The van der Waals surface area contributed by atoms with Gasteiger partial charge in [0.25, 0.3) is 0 Å². The molecular weight excluding hydrogens is 250 g/mol. The minimum atomic E-state index is 0.326. The molecular formula is C16H19N3O. The average Bonchev–Trinajstić information content (AvgIpc) is 3.01. The van der Waals surface area contributed by atoms with E-state index in [9.17, 15) is 5.11 Å². The second kappa shape index (κ2) is 5.82. The van der Waals surface area contributed by atoms with Crippen LogP contribution in [0.5, 0.6) is 5.75 Å². The summed E-state index contributed by atoms with van der Waals surface area (Å²) < 4.78 is 0. The van der Waals surface area contributed by atoms with Crippen molar-refractivity contribution in [3.05, 3.63) is 48.2 Å². The molecule has 0 unspecified atom stereocenters. The Bertz CT molecular complexity index is 579. The predicted octanol–water partition coefficient (Wildman–Crippen LogP) is 3.00. The number of nitrogens with zero attached hydrogens (tertiary/aromatic N) is 2. The molecule has 0 spiro atoms. The van der Waals surface area contributed by atoms with E-state index in [0.29, 0.717) is 12.3 Å². The van der Waals surface area contributed by atoms with Gasteiger partial charge in [0.1, 0.15) is 5.75 Å². The molecule has 4 nitrogen and oxygen atoms in total. The molecule has 2 N–H and O–H groups in total. The third-order valence-electron chi connectivity index (χ3n) is 3.65. The summed E-state index contributed by atoms with van der Waals surface area (Å²) in [4.78, 5) is 6.81. The molecule has 1 aliphatic heterocycles. The molecule has 1 fully saturated rings. The van der Waals surface area contributed by atoms with Crippen molar-refractivity contribution in [1.29, 1.82) is 0 Å². The summed E-state index contributed by atoms with van der Waals surface area (Å²) >= 11 is 0. The van der Waals surface area contributed by atoms with Gasteiger partial charge in [-0.3, -0.25) is 0 Å². The Morgan fingerprint density at radius 2 is 1.90 bits per heavy atom. The molecule has 1 aromatic heterocycles. The Morgan fingerprint density at radius 3 is 2.70 bits per heavy atom. The van der Waals surface area contributed by atoms with Gasteiger partial charge in [-0.15, -0.1) is 0 Å². The molecule has 4 heteroatoms. The first-order chi connectivity index (χ1) is 9.84. The van der Waals surface area contributed by atoms with Crippen LogP contribution in [-0.4, -0.2) is 23.2 Å². The second-order valence-electron chi connectivity index (χ2n) is 5.05. The largest absolute Gasteiger partial charge is 0.508 e. The minimum absolute atomic E-state index is 0.326. The Kier molecular flexibility index (Phi) is 3.72. The maximum atomic E-state index is 9.80. The number of pyridine rings is 1. The van der Waals surface area contributed by atoms with Crippen LogP contribution in [0.25, 0.3) is 0 Å². The van der Waals surface area contributed by atoms with E-state index in [4.69, 9.17) is 0 Å². The number of hydrogen-bond donors (Lipinski definition) is 2. The molecule has 0 radical (unpaired) electrons. The van der Waals surface area contributed by atoms with Crippen LogP contribution >= 0.6 is 0 Å². The molecule has 104 valence electrons. The molecule has 20 heavy (non-hydrogen) atoms. The monoisotopic (exact) mass is 269 g/mol. The lowest BCUT2D eigenvalue weighted by Gasteiger charge is -2.20. The molecule has 1 saturated heterocycles. The molecule has 0 atom stereocenters. The second-order valence-corrected chi connectivity index (χ2v) is 5.05. The molecule has 3 rings (SSSR count). The van der Waals surface area contributed by atoms with Crippen molar-refractivity contribution in [3.63, 3.8) is 0 Å². The van der Waals surface area contributed by atoms with Crippen molar-refractivity contribution in [2.24, 2.45) is 0 Å². The standard InChI is InChI=1S/C16H19N3O/c20-15-8-2-1-6-13(15)12-18-14-7-5-9-17-16(14)19-10-3-4-11-19/h1-2,5-9,18,20H,3-4,10-12H2. The number of nitrogens with one attached hydrogen (secondary N) is 1. The number of aromatic nitrogens is 1. The number of phenols is 1. The first-order valence-electron chi connectivity index (χ1n) is 7.05. The molecule has 0 amide bonds. The smallest absolute Gasteiger partial charge is 0.151 e. The highest BCUT2D eigenvalue weighted by atomic mass is 16.3. The van der Waals surface area contributed by atoms with Crippen LogP contribution in [0.1, 0.15) is 18.4 Å². The lowest BCUT2D eigenvalue weighted by atomic mass is 10.2. The molecule has 0 aliphatic carbocycles. The van der Waals surface area contributed by atoms with Crippen molar-refractivity contribution >= 4 is 11.5 Å². The van der Waals surface area contributed by atoms with Crippen LogP contribution < -0.4 is 10.2 Å². The summed E-state index contributed by atoms with van der Waals surface area (Å²) in [6.07, 6.45) is 4.30. The minimum Gasteiger partial charge on any atom is -0.508 e. The Balaban J connectivity index is 1.76. The fourth-order valence-corrected chi connectivity index (χ4v) is 2.57. The van der Waals surface area contributed by atoms with E-state index in [2.05, 4.69) is 15.2 Å². The van der Waals surface area contributed by atoms with Crippen LogP contribution in [-0.2, 0) is 6.54 Å². The van der Waals surface area contributed by atoms with Crippen LogP contribution in [0.2, 0.25) is 0 Å². The zero-order valence-corrected chi connectivity index (χ0v) is 11.4. The molecule has 0 saturated carbocycles. The SMILES string of the molecule is Oc1ccccc1CNc1cccnc1N1CCCC1. The van der Waals surface area contributed by atoms with Crippen LogP contribution in [0.3, 0.4) is 0 Å². The summed E-state index contributed by atoms with van der Waals surface area (Å²) in [5.74, 6) is 1.34. The first-order valence-corrected chi connectivity index (χ1v) is 7.05. The quantitative estimate of drug-likeness (QED) is 0.896. The van der Waals surface area contributed by atoms with E-state index >= 15 is 0 Å². The highest BCUT2D eigenvalue weighted by Gasteiger charge is 2.16. The lowest BCUT2D eigenvalue weighted by Crippen LogP contribution is -2.20. The first kappa shape index (κ1) is 12.8. The van der Waals surface area contributed by atoms with Gasteiger partial charge in [-0.2, -0.15) is 0 Å². The Labute approximate surface area is 119 Å². The summed E-state index contributed by atoms with van der Waals surface area (Å²) in [5, 5.41) is 13.2. The van der Waals surface area contributed by atoms with Gasteiger partial charge in [0.15, 0.2) is 5.82 Å². The van der Waals surface area contributed by atoms with E-state index in [1.807, 2.05) is 36.5 Å². The van der Waals surface area contributed by atoms with Gasteiger partial charge >= 0.3 is 0 Å². The topological polar surface area (TPSA) is 48.4 Å². The maximum absolute atomic E-state index is 9.80. The van der Waals surface area contributed by atoms with Crippen LogP contribution in [0.15, 0.2) is 42.6 Å². The Hall–Kier alpha value is -2.23. The van der Waals surface area contributed by atoms with E-state index in [0.717, 1.165) is 30.2 Å². The highest BCUT2D eigenvalue weighted by Crippen LogP contribution is 2.27. The van der Waals surface area contributed by atoms with Crippen molar-refractivity contribution in [2.45, 2.75) is 19.4 Å². The van der Waals surface area contributed by atoms with Crippen molar-refractivity contribution in [2.75, 3.05) is 23.3 Å². The van der Waals surface area contributed by atoms with Crippen LogP contribution in [0.4, 0.5) is 11.5 Å². The van der Waals surface area contributed by atoms with E-state index in [1.54, 1.807) is 6.07 Å². The zero-order valence-electron chi connectivity index (χ0n) is 11.4. The van der Waals surface area contributed by atoms with Gasteiger partial charge in [0.05, 0.1) is 5.69 Å².